The third-order valence-corrected chi connectivity index (χ3v) is 7.34. The molecule has 1 saturated carbocycles. The monoisotopic (exact) mass is 566 g/mol. The van der Waals surface area contributed by atoms with Gasteiger partial charge in [0.1, 0.15) is 11.6 Å². The molecule has 0 radical (unpaired) electrons. The molecule has 6 heteroatoms. The second kappa shape index (κ2) is 10.1. The maximum Gasteiger partial charge on any atom is 0.146 e. The van der Waals surface area contributed by atoms with E-state index in [0.717, 1.165) is 32.0 Å². The number of halogens is 3. The van der Waals surface area contributed by atoms with Crippen molar-refractivity contribution < 1.29 is 4.79 Å². The quantitative estimate of drug-likeness (QED) is 0.285. The highest BCUT2D eigenvalue weighted by atomic mass is 127. The van der Waals surface area contributed by atoms with Crippen molar-refractivity contribution in [3.8, 4) is 17.1 Å². The summed E-state index contributed by atoms with van der Waals surface area (Å²) in [4.78, 5) is 17.8. The van der Waals surface area contributed by atoms with Crippen molar-refractivity contribution in [3.63, 3.8) is 0 Å². The first-order valence-electron chi connectivity index (χ1n) is 10.7. The molecule has 3 nitrogen and oxygen atoms in total. The van der Waals surface area contributed by atoms with Crippen LogP contribution in [0.25, 0.3) is 17.1 Å². The minimum absolute atomic E-state index is 0.274. The molecule has 0 spiro atoms. The van der Waals surface area contributed by atoms with E-state index < -0.39 is 0 Å². The molecule has 4 rings (SSSR count). The number of rotatable bonds is 6. The summed E-state index contributed by atoms with van der Waals surface area (Å²) in [6.45, 7) is 2.03. The van der Waals surface area contributed by atoms with E-state index in [9.17, 15) is 4.79 Å². The Labute approximate surface area is 207 Å². The fourth-order valence-corrected chi connectivity index (χ4v) is 5.30. The molecule has 2 aromatic carbocycles. The van der Waals surface area contributed by atoms with Crippen molar-refractivity contribution in [2.24, 2.45) is 5.92 Å². The fraction of sp³-hybridized carbons (Fsp3) is 0.360. The molecule has 3 aromatic rings. The Bertz CT molecular complexity index is 1090. The molecule has 0 unspecified atom stereocenters. The van der Waals surface area contributed by atoms with Crippen molar-refractivity contribution >= 4 is 51.6 Å². The van der Waals surface area contributed by atoms with Crippen molar-refractivity contribution in [3.05, 3.63) is 67.5 Å². The van der Waals surface area contributed by atoms with E-state index in [2.05, 4.69) is 51.4 Å². The van der Waals surface area contributed by atoms with Crippen molar-refractivity contribution in [2.75, 3.05) is 0 Å². The summed E-state index contributed by atoms with van der Waals surface area (Å²) in [5.41, 5.74) is 3.59. The van der Waals surface area contributed by atoms with Gasteiger partial charge in [-0.2, -0.15) is 0 Å². The van der Waals surface area contributed by atoms with E-state index in [1.54, 1.807) is 6.07 Å². The van der Waals surface area contributed by atoms with E-state index in [-0.39, 0.29) is 5.78 Å². The van der Waals surface area contributed by atoms with Gasteiger partial charge in [-0.25, -0.2) is 4.98 Å². The average Bonchev–Trinajstić information content (AvgIpc) is 3.05. The molecular weight excluding hydrogens is 542 g/mol. The lowest BCUT2D eigenvalue weighted by atomic mass is 9.85. The highest BCUT2D eigenvalue weighted by Crippen LogP contribution is 2.34. The summed E-state index contributed by atoms with van der Waals surface area (Å²) in [5.74, 6) is 1.54. The van der Waals surface area contributed by atoms with Crippen LogP contribution in [0.5, 0.6) is 0 Å². The second-order valence-electron chi connectivity index (χ2n) is 8.33. The van der Waals surface area contributed by atoms with Gasteiger partial charge in [-0.3, -0.25) is 9.36 Å². The van der Waals surface area contributed by atoms with Crippen LogP contribution in [-0.4, -0.2) is 15.3 Å². The van der Waals surface area contributed by atoms with Crippen molar-refractivity contribution in [1.29, 1.82) is 0 Å². The van der Waals surface area contributed by atoms with Gasteiger partial charge in [0.05, 0.1) is 17.1 Å². The molecule has 1 fully saturated rings. The number of carbonyl (C=O) groups excluding carboxylic acids is 1. The van der Waals surface area contributed by atoms with Crippen LogP contribution in [0.2, 0.25) is 10.0 Å². The first-order valence-corrected chi connectivity index (χ1v) is 12.6. The van der Waals surface area contributed by atoms with Crippen molar-refractivity contribution in [1.82, 2.24) is 9.55 Å². The van der Waals surface area contributed by atoms with Gasteiger partial charge in [0, 0.05) is 32.0 Å². The first kappa shape index (κ1) is 22.8. The van der Waals surface area contributed by atoms with Crippen LogP contribution < -0.4 is 0 Å². The van der Waals surface area contributed by atoms with Crippen LogP contribution in [0, 0.1) is 16.4 Å². The van der Waals surface area contributed by atoms with E-state index in [1.165, 1.54) is 32.1 Å². The van der Waals surface area contributed by atoms with Crippen molar-refractivity contribution in [2.45, 2.75) is 51.9 Å². The number of nitrogens with zero attached hydrogens (tertiary/aromatic N) is 2. The molecule has 0 atom stereocenters. The van der Waals surface area contributed by atoms with Crippen LogP contribution in [-0.2, 0) is 11.2 Å². The van der Waals surface area contributed by atoms with Gasteiger partial charge in [0.25, 0.3) is 0 Å². The minimum Gasteiger partial charge on any atom is -0.299 e. The highest BCUT2D eigenvalue weighted by Gasteiger charge is 2.22. The van der Waals surface area contributed by atoms with Crippen LogP contribution >= 0.6 is 45.8 Å². The molecule has 162 valence electrons. The smallest absolute Gasteiger partial charge is 0.146 e. The third-order valence-electron chi connectivity index (χ3n) is 6.07. The van der Waals surface area contributed by atoms with Gasteiger partial charge in [-0.15, -0.1) is 0 Å². The predicted octanol–water partition coefficient (Wildman–Crippen LogP) is 7.84. The number of aromatic nitrogens is 2. The third kappa shape index (κ3) is 5.35. The fourth-order valence-electron chi connectivity index (χ4n) is 4.44. The Balaban J connectivity index is 1.71. The summed E-state index contributed by atoms with van der Waals surface area (Å²) in [6.07, 6.45) is 7.16. The van der Waals surface area contributed by atoms with Gasteiger partial charge in [-0.1, -0.05) is 55.3 Å². The van der Waals surface area contributed by atoms with Gasteiger partial charge >= 0.3 is 0 Å². The van der Waals surface area contributed by atoms with Gasteiger partial charge in [0.15, 0.2) is 0 Å². The zero-order valence-electron chi connectivity index (χ0n) is 17.5. The standard InChI is InChI=1S/C25H25Cl2IN2O/c1-16-24(15-21(31)13-17-5-3-2-4-6-17)29-25(22-12-7-18(26)14-23(22)27)30(16)20-10-8-19(28)9-11-20/h7-12,14,17H,2-6,13,15H2,1H3. The summed E-state index contributed by atoms with van der Waals surface area (Å²) in [7, 11) is 0. The lowest BCUT2D eigenvalue weighted by molar-refractivity contribution is -0.119. The number of imidazole rings is 1. The Morgan fingerprint density at radius 2 is 1.81 bits per heavy atom. The molecule has 0 saturated heterocycles. The highest BCUT2D eigenvalue weighted by molar-refractivity contribution is 14.1. The molecular formula is C25H25Cl2IN2O. The number of carbonyl (C=O) groups is 1. The molecule has 0 aliphatic heterocycles. The lowest BCUT2D eigenvalue weighted by Gasteiger charge is -2.20. The zero-order valence-corrected chi connectivity index (χ0v) is 21.2. The molecule has 1 aromatic heterocycles. The van der Waals surface area contributed by atoms with Gasteiger partial charge in [0.2, 0.25) is 0 Å². The SMILES string of the molecule is Cc1c(CC(=O)CC2CCCCC2)nc(-c2ccc(Cl)cc2Cl)n1-c1ccc(I)cc1. The molecule has 0 amide bonds. The maximum atomic E-state index is 12.9. The lowest BCUT2D eigenvalue weighted by Crippen LogP contribution is -2.14. The molecule has 1 aliphatic rings. The molecule has 1 aliphatic carbocycles. The van der Waals surface area contributed by atoms with E-state index >= 15 is 0 Å². The van der Waals surface area contributed by atoms with Crippen LogP contribution in [0.15, 0.2) is 42.5 Å². The first-order chi connectivity index (χ1) is 14.9. The number of ketones is 1. The maximum absolute atomic E-state index is 12.9. The van der Waals surface area contributed by atoms with Crippen LogP contribution in [0.1, 0.15) is 49.9 Å². The Morgan fingerprint density at radius 1 is 1.10 bits per heavy atom. The minimum atomic E-state index is 0.274. The molecule has 0 bridgehead atoms. The topological polar surface area (TPSA) is 34.9 Å². The molecule has 31 heavy (non-hydrogen) atoms. The van der Waals surface area contributed by atoms with E-state index in [0.29, 0.717) is 28.8 Å². The number of Topliss-reactive ketones (excluding diaryl/α,β-unsaturated/α-hetero) is 1. The van der Waals surface area contributed by atoms with Gasteiger partial charge in [-0.05, 0) is 77.9 Å². The summed E-state index contributed by atoms with van der Waals surface area (Å²) < 4.78 is 3.25. The van der Waals surface area contributed by atoms with E-state index in [4.69, 9.17) is 28.2 Å². The predicted molar refractivity (Wildman–Crippen MR) is 136 cm³/mol. The Hall–Kier alpha value is -1.37. The largest absolute Gasteiger partial charge is 0.299 e. The number of hydrogen-bond donors (Lipinski definition) is 0. The van der Waals surface area contributed by atoms with E-state index in [1.807, 2.05) is 19.1 Å². The second-order valence-corrected chi connectivity index (χ2v) is 10.4. The number of benzene rings is 2. The summed E-state index contributed by atoms with van der Waals surface area (Å²) >= 11 is 15.0. The Kier molecular flexibility index (Phi) is 7.40. The average molecular weight is 567 g/mol. The summed E-state index contributed by atoms with van der Waals surface area (Å²) in [5, 5.41) is 1.13. The summed E-state index contributed by atoms with van der Waals surface area (Å²) in [6, 6.07) is 13.7. The Morgan fingerprint density at radius 3 is 2.48 bits per heavy atom. The normalized spacial score (nSPS) is 14.7. The molecule has 0 N–H and O–H groups in total. The van der Waals surface area contributed by atoms with Crippen LogP contribution in [0.4, 0.5) is 0 Å². The van der Waals surface area contributed by atoms with Gasteiger partial charge < -0.3 is 0 Å². The number of hydrogen-bond acceptors (Lipinski definition) is 2. The molecule has 1 heterocycles. The zero-order chi connectivity index (χ0) is 22.0. The van der Waals surface area contributed by atoms with Crippen LogP contribution in [0.3, 0.4) is 0 Å².